The molecule has 2 amide bonds. The van der Waals surface area contributed by atoms with Gasteiger partial charge in [0.05, 0.1) is 5.69 Å². The Morgan fingerprint density at radius 3 is 2.83 bits per heavy atom. The molecule has 2 aliphatic rings. The van der Waals surface area contributed by atoms with Crippen LogP contribution in [0.4, 0.5) is 17.3 Å². The average molecular weight is 389 g/mol. The second kappa shape index (κ2) is 6.25. The summed E-state index contributed by atoms with van der Waals surface area (Å²) in [4.78, 5) is 32.6. The number of pyridine rings is 2. The molecule has 0 spiro atoms. The molecule has 1 aliphatic carbocycles. The Morgan fingerprint density at radius 1 is 1.28 bits per heavy atom. The first-order valence-corrected chi connectivity index (χ1v) is 9.41. The minimum absolute atomic E-state index is 0.0141. The van der Waals surface area contributed by atoms with Crippen LogP contribution in [0, 0.1) is 12.8 Å². The van der Waals surface area contributed by atoms with E-state index in [1.54, 1.807) is 18.3 Å². The summed E-state index contributed by atoms with van der Waals surface area (Å²) in [5.74, 6) is 0.424. The highest BCUT2D eigenvalue weighted by Gasteiger charge is 2.30. The lowest BCUT2D eigenvalue weighted by atomic mass is 9.98. The van der Waals surface area contributed by atoms with Gasteiger partial charge in [-0.1, -0.05) is 0 Å². The molecule has 0 radical (unpaired) electrons. The fourth-order valence-corrected chi connectivity index (χ4v) is 3.63. The lowest BCUT2D eigenvalue weighted by Crippen LogP contribution is -2.14. The molecule has 1 aliphatic heterocycles. The first kappa shape index (κ1) is 17.6. The molecule has 8 nitrogen and oxygen atoms in total. The lowest BCUT2D eigenvalue weighted by molar-refractivity contribution is -0.123. The van der Waals surface area contributed by atoms with Gasteiger partial charge < -0.3 is 21.5 Å². The van der Waals surface area contributed by atoms with Crippen molar-refractivity contribution in [2.45, 2.75) is 25.9 Å². The summed E-state index contributed by atoms with van der Waals surface area (Å²) in [5.41, 5.74) is 9.56. The highest BCUT2D eigenvalue weighted by molar-refractivity contribution is 6.03. The van der Waals surface area contributed by atoms with E-state index in [9.17, 15) is 14.7 Å². The van der Waals surface area contributed by atoms with E-state index in [4.69, 9.17) is 5.73 Å². The summed E-state index contributed by atoms with van der Waals surface area (Å²) in [6.07, 6.45) is 2.24. The predicted octanol–water partition coefficient (Wildman–Crippen LogP) is 2.52. The number of anilines is 3. The summed E-state index contributed by atoms with van der Waals surface area (Å²) < 4.78 is 0. The lowest BCUT2D eigenvalue weighted by Gasteiger charge is -2.12. The van der Waals surface area contributed by atoms with Crippen LogP contribution in [0.3, 0.4) is 0 Å². The number of aliphatic hydroxyl groups is 1. The van der Waals surface area contributed by atoms with Crippen LogP contribution in [0.15, 0.2) is 30.5 Å². The van der Waals surface area contributed by atoms with Gasteiger partial charge in [0.1, 0.15) is 11.6 Å². The summed E-state index contributed by atoms with van der Waals surface area (Å²) in [6, 6.07) is 7.22. The van der Waals surface area contributed by atoms with Crippen LogP contribution in [0.25, 0.3) is 22.0 Å². The van der Waals surface area contributed by atoms with Crippen LogP contribution in [-0.4, -0.2) is 26.9 Å². The van der Waals surface area contributed by atoms with Crippen LogP contribution in [-0.2, 0) is 9.59 Å². The molecule has 146 valence electrons. The van der Waals surface area contributed by atoms with Crippen molar-refractivity contribution in [2.75, 3.05) is 16.4 Å². The smallest absolute Gasteiger partial charge is 0.257 e. The van der Waals surface area contributed by atoms with Crippen molar-refractivity contribution < 1.29 is 14.7 Å². The number of rotatable bonds is 3. The zero-order valence-electron chi connectivity index (χ0n) is 15.7. The van der Waals surface area contributed by atoms with Gasteiger partial charge in [0.25, 0.3) is 5.91 Å². The number of carbonyl (C=O) groups excluding carboxylic acids is 2. The number of nitrogen functional groups attached to an aromatic ring is 1. The number of nitrogens with zero attached hydrogens (tertiary/aromatic N) is 2. The van der Waals surface area contributed by atoms with Crippen LogP contribution in [0.1, 0.15) is 30.1 Å². The zero-order chi connectivity index (χ0) is 20.3. The molecule has 5 rings (SSSR count). The standard InChI is InChI=1S/C21H19N5O3/c1-9-4-15-13(18(27)21(29)25-15)7-12(9)16-5-11-6-17(26-20(28)10-2-3-10)23-8-14(11)19(22)24-16/h4-8,10,18,27H,2-3H2,1H3,(H2,22,24)(H,25,29)(H,23,26,28). The predicted molar refractivity (Wildman–Crippen MR) is 109 cm³/mol. The number of amides is 2. The molecule has 1 saturated carbocycles. The summed E-state index contributed by atoms with van der Waals surface area (Å²) in [6.45, 7) is 1.91. The monoisotopic (exact) mass is 389 g/mol. The van der Waals surface area contributed by atoms with E-state index in [-0.39, 0.29) is 11.8 Å². The molecule has 0 saturated heterocycles. The van der Waals surface area contributed by atoms with Crippen LogP contribution < -0.4 is 16.4 Å². The maximum atomic E-state index is 12.0. The van der Waals surface area contributed by atoms with Crippen molar-refractivity contribution >= 4 is 39.9 Å². The van der Waals surface area contributed by atoms with E-state index < -0.39 is 12.0 Å². The Hall–Kier alpha value is -3.52. The van der Waals surface area contributed by atoms with E-state index in [2.05, 4.69) is 20.6 Å². The van der Waals surface area contributed by atoms with E-state index in [0.29, 0.717) is 34.0 Å². The largest absolute Gasteiger partial charge is 0.383 e. The third-order valence-electron chi connectivity index (χ3n) is 5.42. The van der Waals surface area contributed by atoms with Crippen molar-refractivity contribution in [1.82, 2.24) is 9.97 Å². The van der Waals surface area contributed by atoms with Gasteiger partial charge in [0, 0.05) is 34.3 Å². The second-order valence-electron chi connectivity index (χ2n) is 7.59. The number of nitrogens with two attached hydrogens (primary N) is 1. The van der Waals surface area contributed by atoms with Crippen molar-refractivity contribution in [3.8, 4) is 11.3 Å². The number of aryl methyl sites for hydroxylation is 1. The fourth-order valence-electron chi connectivity index (χ4n) is 3.63. The van der Waals surface area contributed by atoms with Gasteiger partial charge in [-0.15, -0.1) is 0 Å². The first-order chi connectivity index (χ1) is 13.9. The molecule has 29 heavy (non-hydrogen) atoms. The van der Waals surface area contributed by atoms with E-state index >= 15 is 0 Å². The third-order valence-corrected chi connectivity index (χ3v) is 5.42. The normalized spacial score (nSPS) is 17.9. The van der Waals surface area contributed by atoms with Gasteiger partial charge in [-0.25, -0.2) is 9.97 Å². The van der Waals surface area contributed by atoms with Crippen molar-refractivity contribution in [1.29, 1.82) is 0 Å². The number of hydrogen-bond acceptors (Lipinski definition) is 6. The van der Waals surface area contributed by atoms with Gasteiger partial charge in [0.2, 0.25) is 5.91 Å². The number of carbonyl (C=O) groups is 2. The molecule has 3 aromatic rings. The van der Waals surface area contributed by atoms with Gasteiger partial charge in [0.15, 0.2) is 6.10 Å². The zero-order valence-corrected chi connectivity index (χ0v) is 15.7. The Labute approximate surface area is 166 Å². The SMILES string of the molecule is Cc1cc2c(cc1-c1cc3cc(NC(=O)C4CC4)ncc3c(N)n1)C(O)C(=O)N2. The van der Waals surface area contributed by atoms with E-state index in [0.717, 1.165) is 29.4 Å². The van der Waals surface area contributed by atoms with Gasteiger partial charge in [-0.2, -0.15) is 0 Å². The van der Waals surface area contributed by atoms with Gasteiger partial charge in [-0.05, 0) is 55.0 Å². The van der Waals surface area contributed by atoms with Crippen molar-refractivity contribution in [2.24, 2.45) is 5.92 Å². The average Bonchev–Trinajstić information content (AvgIpc) is 3.49. The summed E-state index contributed by atoms with van der Waals surface area (Å²) >= 11 is 0. The molecule has 5 N–H and O–H groups in total. The molecular weight excluding hydrogens is 370 g/mol. The van der Waals surface area contributed by atoms with Crippen molar-refractivity contribution in [3.63, 3.8) is 0 Å². The van der Waals surface area contributed by atoms with Gasteiger partial charge in [-0.3, -0.25) is 9.59 Å². The molecule has 1 aromatic carbocycles. The topological polar surface area (TPSA) is 130 Å². The Morgan fingerprint density at radius 2 is 2.07 bits per heavy atom. The van der Waals surface area contributed by atoms with Gasteiger partial charge >= 0.3 is 0 Å². The number of nitrogens with one attached hydrogen (secondary N) is 2. The molecule has 8 heteroatoms. The summed E-state index contributed by atoms with van der Waals surface area (Å²) in [7, 11) is 0. The molecule has 0 bridgehead atoms. The maximum Gasteiger partial charge on any atom is 0.257 e. The second-order valence-corrected chi connectivity index (χ2v) is 7.59. The minimum atomic E-state index is -1.20. The molecule has 2 aromatic heterocycles. The summed E-state index contributed by atoms with van der Waals surface area (Å²) in [5, 5.41) is 17.1. The highest BCUT2D eigenvalue weighted by atomic mass is 16.3. The number of hydrogen-bond donors (Lipinski definition) is 4. The highest BCUT2D eigenvalue weighted by Crippen LogP contribution is 2.37. The molecular formula is C21H19N5O3. The first-order valence-electron chi connectivity index (χ1n) is 9.41. The molecule has 3 heterocycles. The van der Waals surface area contributed by atoms with E-state index in [1.165, 1.54) is 0 Å². The quantitative estimate of drug-likeness (QED) is 0.544. The van der Waals surface area contributed by atoms with Crippen LogP contribution in [0.5, 0.6) is 0 Å². The molecule has 1 unspecified atom stereocenters. The van der Waals surface area contributed by atoms with E-state index in [1.807, 2.05) is 19.1 Å². The fraction of sp³-hybridized carbons (Fsp3) is 0.238. The number of fused-ring (bicyclic) bond motifs is 2. The van der Waals surface area contributed by atoms with Crippen LogP contribution in [0.2, 0.25) is 0 Å². The number of aromatic nitrogens is 2. The Balaban J connectivity index is 1.58. The maximum absolute atomic E-state index is 12.0. The number of aliphatic hydroxyl groups excluding tert-OH is 1. The van der Waals surface area contributed by atoms with Crippen molar-refractivity contribution in [3.05, 3.63) is 41.6 Å². The molecule has 1 atom stereocenters. The van der Waals surface area contributed by atoms with Crippen LogP contribution >= 0.6 is 0 Å². The molecule has 1 fully saturated rings. The Kier molecular flexibility index (Phi) is 3.78. The Bertz CT molecular complexity index is 1200. The third kappa shape index (κ3) is 2.98. The number of benzene rings is 1. The minimum Gasteiger partial charge on any atom is -0.383 e.